The second-order valence-corrected chi connectivity index (χ2v) is 10.1. The summed E-state index contributed by atoms with van der Waals surface area (Å²) in [5, 5.41) is 45.9. The molecule has 9 atom stereocenters. The predicted octanol–water partition coefficient (Wildman–Crippen LogP) is 0.989. The van der Waals surface area contributed by atoms with Crippen LogP contribution >= 0.6 is 0 Å². The van der Waals surface area contributed by atoms with Gasteiger partial charge in [-0.2, -0.15) is 0 Å². The van der Waals surface area contributed by atoms with Gasteiger partial charge in [0.25, 0.3) is 5.91 Å². The Morgan fingerprint density at radius 3 is 2.28 bits per heavy atom. The molecule has 7 N–H and O–H groups in total. The van der Waals surface area contributed by atoms with E-state index >= 15 is 0 Å². The lowest BCUT2D eigenvalue weighted by Gasteiger charge is -2.34. The van der Waals surface area contributed by atoms with E-state index in [1.807, 2.05) is 0 Å². The van der Waals surface area contributed by atoms with Crippen LogP contribution in [0, 0.1) is 11.8 Å². The first-order chi connectivity index (χ1) is 18.3. The number of nitrogens with one attached hydrogen (secondary N) is 1. The van der Waals surface area contributed by atoms with E-state index in [2.05, 4.69) is 5.32 Å². The third kappa shape index (κ3) is 8.59. The number of fused-ring (bicyclic) bond motifs is 2. The molecular weight excluding hydrogens is 508 g/mol. The summed E-state index contributed by atoms with van der Waals surface area (Å²) in [6, 6.07) is 0. The van der Waals surface area contributed by atoms with Crippen molar-refractivity contribution >= 4 is 12.0 Å². The molecule has 1 aliphatic carbocycles. The molecule has 11 heteroatoms. The third-order valence-electron chi connectivity index (χ3n) is 7.02. The van der Waals surface area contributed by atoms with Gasteiger partial charge in [-0.25, -0.2) is 4.79 Å². The molecule has 2 amide bonds. The van der Waals surface area contributed by atoms with Gasteiger partial charge in [-0.1, -0.05) is 38.2 Å². The molecule has 39 heavy (non-hydrogen) atoms. The molecule has 0 saturated heterocycles. The number of aliphatic hydroxyl groups excluding tert-OH is 4. The van der Waals surface area contributed by atoms with Crippen LogP contribution in [0.5, 0.6) is 0 Å². The molecule has 0 aromatic heterocycles. The highest BCUT2D eigenvalue weighted by Gasteiger charge is 2.35. The van der Waals surface area contributed by atoms with Gasteiger partial charge in [0.2, 0.25) is 0 Å². The van der Waals surface area contributed by atoms with Crippen molar-refractivity contribution in [1.29, 1.82) is 0 Å². The maximum atomic E-state index is 12.9. The highest BCUT2D eigenvalue weighted by atomic mass is 16.6. The number of nitrogens with two attached hydrogens (primary N) is 1. The van der Waals surface area contributed by atoms with Crippen LogP contribution < -0.4 is 11.1 Å². The fraction of sp³-hybridized carbons (Fsp3) is 0.571. The average Bonchev–Trinajstić information content (AvgIpc) is 2.86. The minimum absolute atomic E-state index is 0.0904. The summed E-state index contributed by atoms with van der Waals surface area (Å²) >= 11 is 0. The summed E-state index contributed by atoms with van der Waals surface area (Å²) in [7, 11) is 2.86. The van der Waals surface area contributed by atoms with Gasteiger partial charge in [-0.3, -0.25) is 4.79 Å². The average molecular weight is 551 g/mol. The van der Waals surface area contributed by atoms with Gasteiger partial charge in [-0.15, -0.1) is 0 Å². The molecule has 2 unspecified atom stereocenters. The largest absolute Gasteiger partial charge is 0.439 e. The van der Waals surface area contributed by atoms with Crippen molar-refractivity contribution < 1.29 is 44.2 Å². The second kappa shape index (κ2) is 14.5. The summed E-state index contributed by atoms with van der Waals surface area (Å²) in [4.78, 5) is 24.5. The van der Waals surface area contributed by atoms with E-state index in [0.717, 1.165) is 0 Å². The number of methoxy groups -OCH3 is 2. The van der Waals surface area contributed by atoms with Crippen molar-refractivity contribution in [3.05, 3.63) is 58.9 Å². The molecule has 0 fully saturated rings. The van der Waals surface area contributed by atoms with Crippen molar-refractivity contribution in [1.82, 2.24) is 5.32 Å². The standard InChI is InChI=1S/C28H42N2O9/c1-14-8-7-9-22(37-5)26(39-28(29)36)16(3)10-15(2)23(33)21(32)11-17(4)25(38-6)19-12-18(31)13-20(24(19)34)30-27(14)35/h7-10,12-13,15,17-18,21-26,31-34H,11H2,1-6H3,(H2,29,36)(H,30,35)/b9-7-,14-8+,16-10+/t15-,17-,18?,21-,22-,23+,24?,25+,26-/m0/s1. The second-order valence-electron chi connectivity index (χ2n) is 10.1. The number of carbonyl (C=O) groups excluding carboxylic acids is 2. The summed E-state index contributed by atoms with van der Waals surface area (Å²) in [5.41, 5.74) is 6.53. The van der Waals surface area contributed by atoms with E-state index in [0.29, 0.717) is 11.1 Å². The Morgan fingerprint density at radius 2 is 1.69 bits per heavy atom. The molecule has 0 radical (unpaired) electrons. The van der Waals surface area contributed by atoms with Gasteiger partial charge in [-0.05, 0) is 49.5 Å². The Labute approximate surface area is 229 Å². The number of ether oxygens (including phenoxy) is 3. The molecule has 1 aliphatic heterocycles. The molecule has 0 spiro atoms. The molecule has 11 nitrogen and oxygen atoms in total. The summed E-state index contributed by atoms with van der Waals surface area (Å²) in [6.45, 7) is 6.76. The first-order valence-electron chi connectivity index (χ1n) is 12.8. The lowest BCUT2D eigenvalue weighted by Crippen LogP contribution is -2.41. The Bertz CT molecular complexity index is 1030. The minimum atomic E-state index is -1.27. The maximum Gasteiger partial charge on any atom is 0.405 e. The maximum absolute atomic E-state index is 12.9. The van der Waals surface area contributed by atoms with Gasteiger partial charge in [0.1, 0.15) is 12.2 Å². The Kier molecular flexibility index (Phi) is 12.1. The zero-order valence-corrected chi connectivity index (χ0v) is 23.3. The number of carbonyl (C=O) groups is 2. The number of aliphatic hydroxyl groups is 4. The summed E-state index contributed by atoms with van der Waals surface area (Å²) < 4.78 is 16.4. The first kappa shape index (κ1) is 32.4. The topological polar surface area (TPSA) is 181 Å². The van der Waals surface area contributed by atoms with Gasteiger partial charge in [0.05, 0.1) is 24.4 Å². The zero-order chi connectivity index (χ0) is 29.4. The molecule has 0 aromatic rings. The van der Waals surface area contributed by atoms with Crippen molar-refractivity contribution in [2.45, 2.75) is 76.8 Å². The van der Waals surface area contributed by atoms with Crippen LogP contribution in [0.3, 0.4) is 0 Å². The van der Waals surface area contributed by atoms with E-state index in [1.165, 1.54) is 32.4 Å². The fourth-order valence-corrected chi connectivity index (χ4v) is 4.91. The van der Waals surface area contributed by atoms with Crippen molar-refractivity contribution in [3.8, 4) is 0 Å². The molecule has 1 heterocycles. The van der Waals surface area contributed by atoms with Crippen LogP contribution in [-0.4, -0.2) is 89.4 Å². The monoisotopic (exact) mass is 550 g/mol. The fourth-order valence-electron chi connectivity index (χ4n) is 4.91. The highest BCUT2D eigenvalue weighted by Crippen LogP contribution is 2.30. The SMILES string of the molecule is CO[C@H]1/C=C\C=C(/C)C(=O)NC2=CC(O)C=C(C2O)[C@H](OC)[C@@H](C)C[C@H](O)[C@H](O)[C@@H](C)/C=C(\C)[C@@H]1OC(N)=O. The highest BCUT2D eigenvalue weighted by molar-refractivity contribution is 5.94. The Balaban J connectivity index is 2.57. The van der Waals surface area contributed by atoms with Gasteiger partial charge in [0, 0.05) is 31.4 Å². The van der Waals surface area contributed by atoms with Crippen LogP contribution in [0.2, 0.25) is 0 Å². The lowest BCUT2D eigenvalue weighted by atomic mass is 9.83. The van der Waals surface area contributed by atoms with Crippen LogP contribution in [0.15, 0.2) is 58.9 Å². The van der Waals surface area contributed by atoms with Crippen LogP contribution in [0.4, 0.5) is 4.79 Å². The summed E-state index contributed by atoms with van der Waals surface area (Å²) in [6.07, 6.45) is 0.975. The molecule has 2 aliphatic rings. The smallest absolute Gasteiger partial charge is 0.405 e. The normalized spacial score (nSPS) is 38.7. The number of allylic oxidation sites excluding steroid dienone is 2. The Hall–Kier alpha value is -2.80. The zero-order valence-electron chi connectivity index (χ0n) is 23.3. The number of amides is 2. The van der Waals surface area contributed by atoms with Crippen molar-refractivity contribution in [2.24, 2.45) is 17.6 Å². The molecule has 0 aromatic carbocycles. The van der Waals surface area contributed by atoms with E-state index < -0.39 is 66.6 Å². The van der Waals surface area contributed by atoms with Crippen molar-refractivity contribution in [2.75, 3.05) is 14.2 Å². The van der Waals surface area contributed by atoms with E-state index in [-0.39, 0.29) is 17.7 Å². The third-order valence-corrected chi connectivity index (χ3v) is 7.02. The van der Waals surface area contributed by atoms with Crippen LogP contribution in [0.1, 0.15) is 34.1 Å². The Morgan fingerprint density at radius 1 is 1.03 bits per heavy atom. The quantitative estimate of drug-likeness (QED) is 0.279. The van der Waals surface area contributed by atoms with Crippen molar-refractivity contribution in [3.63, 3.8) is 0 Å². The number of primary amides is 1. The summed E-state index contributed by atoms with van der Waals surface area (Å²) in [5.74, 6) is -1.48. The van der Waals surface area contributed by atoms with Gasteiger partial charge in [0.15, 0.2) is 6.10 Å². The molecule has 0 saturated carbocycles. The first-order valence-corrected chi connectivity index (χ1v) is 12.8. The van der Waals surface area contributed by atoms with E-state index in [9.17, 15) is 30.0 Å². The number of rotatable bonds is 3. The predicted molar refractivity (Wildman–Crippen MR) is 144 cm³/mol. The van der Waals surface area contributed by atoms with Crippen LogP contribution in [-0.2, 0) is 19.0 Å². The minimum Gasteiger partial charge on any atom is -0.439 e. The van der Waals surface area contributed by atoms with E-state index in [4.69, 9.17) is 19.9 Å². The molecule has 2 bridgehead atoms. The molecule has 2 rings (SSSR count). The number of hydrogen-bond acceptors (Lipinski definition) is 9. The molecular formula is C28H42N2O9. The van der Waals surface area contributed by atoms with Gasteiger partial charge < -0.3 is 45.7 Å². The van der Waals surface area contributed by atoms with Gasteiger partial charge >= 0.3 is 6.09 Å². The molecule has 218 valence electrons. The number of hydrogen-bond donors (Lipinski definition) is 6. The van der Waals surface area contributed by atoms with Crippen LogP contribution in [0.25, 0.3) is 0 Å². The van der Waals surface area contributed by atoms with E-state index in [1.54, 1.807) is 45.9 Å². The lowest BCUT2D eigenvalue weighted by molar-refractivity contribution is -0.117.